The average Bonchev–Trinajstić information content (AvgIpc) is 3.22. The van der Waals surface area contributed by atoms with E-state index in [1.165, 1.54) is 4.31 Å². The molecule has 0 aliphatic carbocycles. The van der Waals surface area contributed by atoms with Crippen molar-refractivity contribution in [2.45, 2.75) is 24.8 Å². The normalized spacial score (nSPS) is 23.4. The first kappa shape index (κ1) is 16.2. The highest BCUT2D eigenvalue weighted by atomic mass is 32.2. The molecule has 4 heterocycles. The van der Waals surface area contributed by atoms with Crippen molar-refractivity contribution < 1.29 is 13.3 Å². The molecular weight excluding hydrogens is 342 g/mol. The second-order valence-electron chi connectivity index (χ2n) is 6.41. The SMILES string of the molecule is Cc1nn(C)c(C)c1S(=O)(=O)N1CC2ON=C(c3cccnc3)C2C1. The van der Waals surface area contributed by atoms with Crippen LogP contribution in [0.25, 0.3) is 0 Å². The predicted octanol–water partition coefficient (Wildman–Crippen LogP) is 0.856. The van der Waals surface area contributed by atoms with Gasteiger partial charge in [0.2, 0.25) is 10.0 Å². The summed E-state index contributed by atoms with van der Waals surface area (Å²) in [4.78, 5) is 9.90. The molecule has 1 saturated heterocycles. The zero-order valence-corrected chi connectivity index (χ0v) is 15.1. The molecule has 1 fully saturated rings. The van der Waals surface area contributed by atoms with Gasteiger partial charge < -0.3 is 4.84 Å². The fraction of sp³-hybridized carbons (Fsp3) is 0.438. The summed E-state index contributed by atoms with van der Waals surface area (Å²) in [6.07, 6.45) is 3.15. The van der Waals surface area contributed by atoms with E-state index in [1.807, 2.05) is 12.1 Å². The molecule has 0 N–H and O–H groups in total. The van der Waals surface area contributed by atoms with Gasteiger partial charge in [0.05, 0.1) is 29.6 Å². The Hall–Kier alpha value is -2.26. The van der Waals surface area contributed by atoms with Crippen molar-refractivity contribution in [3.63, 3.8) is 0 Å². The average molecular weight is 361 g/mol. The lowest BCUT2D eigenvalue weighted by atomic mass is 9.96. The standard InChI is InChI=1S/C16H19N5O3S/c1-10-16(11(2)20(3)18-10)25(22,23)21-8-13-14(9-21)24-19-15(13)12-5-4-6-17-7-12/h4-7,13-14H,8-9H2,1-3H3. The molecule has 0 amide bonds. The summed E-state index contributed by atoms with van der Waals surface area (Å²) in [7, 11) is -1.88. The Morgan fingerprint density at radius 3 is 2.72 bits per heavy atom. The lowest BCUT2D eigenvalue weighted by molar-refractivity contribution is 0.0803. The number of hydrogen-bond acceptors (Lipinski definition) is 6. The van der Waals surface area contributed by atoms with Crippen LogP contribution in [0.1, 0.15) is 17.0 Å². The van der Waals surface area contributed by atoms with Crippen LogP contribution in [0.3, 0.4) is 0 Å². The molecule has 132 valence electrons. The van der Waals surface area contributed by atoms with Crippen LogP contribution in [0.2, 0.25) is 0 Å². The smallest absolute Gasteiger partial charge is 0.246 e. The molecule has 2 atom stereocenters. The number of fused-ring (bicyclic) bond motifs is 1. The van der Waals surface area contributed by atoms with Crippen LogP contribution in [-0.4, -0.2) is 52.4 Å². The van der Waals surface area contributed by atoms with Gasteiger partial charge in [0.15, 0.2) is 6.10 Å². The van der Waals surface area contributed by atoms with Gasteiger partial charge in [-0.05, 0) is 26.0 Å². The largest absolute Gasteiger partial charge is 0.390 e. The Bertz CT molecular complexity index is 952. The molecule has 8 nitrogen and oxygen atoms in total. The molecule has 0 aromatic carbocycles. The van der Waals surface area contributed by atoms with Crippen LogP contribution >= 0.6 is 0 Å². The van der Waals surface area contributed by atoms with Crippen molar-refractivity contribution in [2.24, 2.45) is 18.1 Å². The summed E-state index contributed by atoms with van der Waals surface area (Å²) in [6.45, 7) is 4.11. The van der Waals surface area contributed by atoms with Crippen molar-refractivity contribution in [1.29, 1.82) is 0 Å². The predicted molar refractivity (Wildman–Crippen MR) is 90.6 cm³/mol. The first-order chi connectivity index (χ1) is 11.9. The van der Waals surface area contributed by atoms with Crippen LogP contribution in [0.5, 0.6) is 0 Å². The molecule has 2 aromatic rings. The molecule has 2 aliphatic rings. The molecule has 2 aromatic heterocycles. The molecule has 0 saturated carbocycles. The Morgan fingerprint density at radius 2 is 2.08 bits per heavy atom. The number of hydrogen-bond donors (Lipinski definition) is 0. The van der Waals surface area contributed by atoms with Gasteiger partial charge in [-0.25, -0.2) is 8.42 Å². The monoisotopic (exact) mass is 361 g/mol. The first-order valence-corrected chi connectivity index (χ1v) is 9.48. The van der Waals surface area contributed by atoms with Gasteiger partial charge in [-0.15, -0.1) is 0 Å². The van der Waals surface area contributed by atoms with Crippen molar-refractivity contribution >= 4 is 15.7 Å². The summed E-state index contributed by atoms with van der Waals surface area (Å²) >= 11 is 0. The maximum Gasteiger partial charge on any atom is 0.246 e. The van der Waals surface area contributed by atoms with E-state index < -0.39 is 10.0 Å². The van der Waals surface area contributed by atoms with E-state index in [9.17, 15) is 8.42 Å². The van der Waals surface area contributed by atoms with Gasteiger partial charge in [-0.2, -0.15) is 9.40 Å². The zero-order valence-electron chi connectivity index (χ0n) is 14.2. The number of sulfonamides is 1. The molecule has 4 rings (SSSR count). The molecule has 0 spiro atoms. The molecule has 9 heteroatoms. The van der Waals surface area contributed by atoms with E-state index >= 15 is 0 Å². The highest BCUT2D eigenvalue weighted by Crippen LogP contribution is 2.34. The second kappa shape index (κ2) is 5.63. The van der Waals surface area contributed by atoms with E-state index in [0.717, 1.165) is 11.3 Å². The molecule has 0 bridgehead atoms. The van der Waals surface area contributed by atoms with Crippen molar-refractivity contribution in [1.82, 2.24) is 19.1 Å². The molecular formula is C16H19N5O3S. The van der Waals surface area contributed by atoms with E-state index in [4.69, 9.17) is 4.84 Å². The maximum absolute atomic E-state index is 13.1. The van der Waals surface area contributed by atoms with Crippen LogP contribution in [0.15, 0.2) is 34.6 Å². The topological polar surface area (TPSA) is 89.7 Å². The Labute approximate surface area is 146 Å². The maximum atomic E-state index is 13.1. The number of aryl methyl sites for hydroxylation is 2. The number of pyridine rings is 1. The van der Waals surface area contributed by atoms with Gasteiger partial charge in [-0.1, -0.05) is 5.16 Å². The van der Waals surface area contributed by atoms with Gasteiger partial charge in [-0.3, -0.25) is 9.67 Å². The fourth-order valence-corrected chi connectivity index (χ4v) is 5.41. The van der Waals surface area contributed by atoms with Gasteiger partial charge >= 0.3 is 0 Å². The Balaban J connectivity index is 1.64. The second-order valence-corrected chi connectivity index (χ2v) is 8.29. The number of oxime groups is 1. The Kier molecular flexibility index (Phi) is 3.66. The van der Waals surface area contributed by atoms with E-state index in [2.05, 4.69) is 15.2 Å². The van der Waals surface area contributed by atoms with Crippen LogP contribution in [-0.2, 0) is 21.9 Å². The minimum Gasteiger partial charge on any atom is -0.390 e. The third kappa shape index (κ3) is 2.46. The third-order valence-corrected chi connectivity index (χ3v) is 6.95. The van der Waals surface area contributed by atoms with Gasteiger partial charge in [0, 0.05) is 31.5 Å². The van der Waals surface area contributed by atoms with E-state index in [0.29, 0.717) is 17.9 Å². The summed E-state index contributed by atoms with van der Waals surface area (Å²) in [6, 6.07) is 3.74. The number of rotatable bonds is 3. The lowest BCUT2D eigenvalue weighted by Crippen LogP contribution is -2.31. The minimum absolute atomic E-state index is 0.0868. The summed E-state index contributed by atoms with van der Waals surface area (Å²) in [5, 5.41) is 8.39. The molecule has 0 radical (unpaired) electrons. The van der Waals surface area contributed by atoms with Crippen molar-refractivity contribution in [3.8, 4) is 0 Å². The summed E-state index contributed by atoms with van der Waals surface area (Å²) in [5.74, 6) is -0.0868. The highest BCUT2D eigenvalue weighted by molar-refractivity contribution is 7.89. The lowest BCUT2D eigenvalue weighted by Gasteiger charge is -2.17. The molecule has 2 aliphatic heterocycles. The Morgan fingerprint density at radius 1 is 1.28 bits per heavy atom. The highest BCUT2D eigenvalue weighted by Gasteiger charge is 2.47. The van der Waals surface area contributed by atoms with Gasteiger partial charge in [0.1, 0.15) is 4.90 Å². The number of nitrogens with zero attached hydrogens (tertiary/aromatic N) is 5. The summed E-state index contributed by atoms with van der Waals surface area (Å²) < 4.78 is 29.3. The third-order valence-electron chi connectivity index (χ3n) is 4.87. The fourth-order valence-electron chi connectivity index (χ4n) is 3.53. The minimum atomic E-state index is -3.63. The van der Waals surface area contributed by atoms with Crippen molar-refractivity contribution in [3.05, 3.63) is 41.5 Å². The van der Waals surface area contributed by atoms with Crippen LogP contribution in [0, 0.1) is 19.8 Å². The molecule has 25 heavy (non-hydrogen) atoms. The number of aromatic nitrogens is 3. The molecule has 2 unspecified atom stereocenters. The zero-order chi connectivity index (χ0) is 17.8. The van der Waals surface area contributed by atoms with Crippen LogP contribution < -0.4 is 0 Å². The van der Waals surface area contributed by atoms with E-state index in [-0.39, 0.29) is 23.5 Å². The van der Waals surface area contributed by atoms with E-state index in [1.54, 1.807) is 38.0 Å². The van der Waals surface area contributed by atoms with Gasteiger partial charge in [0.25, 0.3) is 0 Å². The van der Waals surface area contributed by atoms with Crippen molar-refractivity contribution in [2.75, 3.05) is 13.1 Å². The first-order valence-electron chi connectivity index (χ1n) is 8.04. The summed E-state index contributed by atoms with van der Waals surface area (Å²) in [5.41, 5.74) is 2.77. The van der Waals surface area contributed by atoms with Crippen LogP contribution in [0.4, 0.5) is 0 Å². The quantitative estimate of drug-likeness (QED) is 0.809.